The van der Waals surface area contributed by atoms with E-state index < -0.39 is 23.1 Å². The SMILES string of the molecule is CC1=C(C2=C(C)C(=O)C=C(Nc3ccccc3)C2=O)C(=O)C(Nc2ccccc2)=CC1=O. The molecule has 6 nitrogen and oxygen atoms in total. The van der Waals surface area contributed by atoms with E-state index in [1.807, 2.05) is 12.1 Å². The Morgan fingerprint density at radius 1 is 0.531 bits per heavy atom. The highest BCUT2D eigenvalue weighted by Gasteiger charge is 2.36. The minimum absolute atomic E-state index is 0.0488. The molecule has 0 heterocycles. The minimum atomic E-state index is -0.512. The van der Waals surface area contributed by atoms with Gasteiger partial charge in [-0.05, 0) is 38.1 Å². The van der Waals surface area contributed by atoms with Crippen molar-refractivity contribution in [2.24, 2.45) is 0 Å². The van der Waals surface area contributed by atoms with Crippen molar-refractivity contribution >= 4 is 34.5 Å². The average Bonchev–Trinajstić information content (AvgIpc) is 2.79. The highest BCUT2D eigenvalue weighted by Crippen LogP contribution is 2.33. The number of benzene rings is 2. The summed E-state index contributed by atoms with van der Waals surface area (Å²) in [6, 6.07) is 17.9. The number of carbonyl (C=O) groups excluding carboxylic acids is 4. The second kappa shape index (κ2) is 8.43. The number of carbonyl (C=O) groups is 4. The third-order valence-corrected chi connectivity index (χ3v) is 5.34. The van der Waals surface area contributed by atoms with Gasteiger partial charge < -0.3 is 10.6 Å². The molecule has 0 saturated carbocycles. The monoisotopic (exact) mass is 424 g/mol. The quantitative estimate of drug-likeness (QED) is 0.707. The maximum Gasteiger partial charge on any atom is 0.210 e. The van der Waals surface area contributed by atoms with Crippen LogP contribution in [0, 0.1) is 0 Å². The van der Waals surface area contributed by atoms with Crippen molar-refractivity contribution in [1.29, 1.82) is 0 Å². The van der Waals surface area contributed by atoms with Crippen LogP contribution >= 0.6 is 0 Å². The van der Waals surface area contributed by atoms with Gasteiger partial charge >= 0.3 is 0 Å². The Kier molecular flexibility index (Phi) is 5.52. The molecule has 0 amide bonds. The van der Waals surface area contributed by atoms with E-state index in [0.717, 1.165) is 0 Å². The first-order valence-electron chi connectivity index (χ1n) is 10.0. The number of hydrogen-bond acceptors (Lipinski definition) is 6. The van der Waals surface area contributed by atoms with Crippen LogP contribution < -0.4 is 10.6 Å². The van der Waals surface area contributed by atoms with E-state index in [2.05, 4.69) is 10.6 Å². The summed E-state index contributed by atoms with van der Waals surface area (Å²) in [6.45, 7) is 2.98. The fourth-order valence-corrected chi connectivity index (χ4v) is 3.61. The molecular weight excluding hydrogens is 404 g/mol. The maximum atomic E-state index is 13.4. The van der Waals surface area contributed by atoms with Gasteiger partial charge in [-0.1, -0.05) is 36.4 Å². The van der Waals surface area contributed by atoms with E-state index in [0.29, 0.717) is 11.4 Å². The Hall–Kier alpha value is -4.32. The lowest BCUT2D eigenvalue weighted by molar-refractivity contribution is -0.117. The van der Waals surface area contributed by atoms with Crippen LogP contribution in [0.1, 0.15) is 13.8 Å². The molecule has 32 heavy (non-hydrogen) atoms. The smallest absolute Gasteiger partial charge is 0.210 e. The summed E-state index contributed by atoms with van der Waals surface area (Å²) in [4.78, 5) is 52.1. The van der Waals surface area contributed by atoms with Crippen LogP contribution in [-0.2, 0) is 19.2 Å². The van der Waals surface area contributed by atoms with E-state index >= 15 is 0 Å². The first-order valence-corrected chi connectivity index (χ1v) is 10.0. The molecule has 2 aliphatic rings. The summed E-state index contributed by atoms with van der Waals surface area (Å²) in [7, 11) is 0. The van der Waals surface area contributed by atoms with Crippen LogP contribution in [0.4, 0.5) is 11.4 Å². The number of allylic oxidation sites excluding steroid dienone is 6. The van der Waals surface area contributed by atoms with Gasteiger partial charge in [0.25, 0.3) is 0 Å². The second-order valence-corrected chi connectivity index (χ2v) is 7.48. The zero-order valence-electron chi connectivity index (χ0n) is 17.6. The Morgan fingerprint density at radius 3 is 1.22 bits per heavy atom. The van der Waals surface area contributed by atoms with Gasteiger partial charge in [-0.25, -0.2) is 0 Å². The first kappa shape index (κ1) is 20.9. The van der Waals surface area contributed by atoms with Crippen LogP contribution in [0.3, 0.4) is 0 Å². The van der Waals surface area contributed by atoms with Crippen molar-refractivity contribution in [3.05, 3.63) is 107 Å². The zero-order chi connectivity index (χ0) is 22.8. The van der Waals surface area contributed by atoms with E-state index in [1.54, 1.807) is 48.5 Å². The normalized spacial score (nSPS) is 16.8. The van der Waals surface area contributed by atoms with E-state index in [1.165, 1.54) is 26.0 Å². The summed E-state index contributed by atoms with van der Waals surface area (Å²) < 4.78 is 0. The Balaban J connectivity index is 1.71. The molecule has 158 valence electrons. The number of anilines is 2. The Bertz CT molecular complexity index is 1180. The molecule has 0 fully saturated rings. The Morgan fingerprint density at radius 2 is 0.875 bits per heavy atom. The van der Waals surface area contributed by atoms with Crippen LogP contribution in [0.25, 0.3) is 0 Å². The fraction of sp³-hybridized carbons (Fsp3) is 0.0769. The lowest BCUT2D eigenvalue weighted by atomic mass is 9.81. The summed E-state index contributed by atoms with van der Waals surface area (Å²) in [6.07, 6.45) is 2.44. The van der Waals surface area contributed by atoms with Gasteiger partial charge in [-0.2, -0.15) is 0 Å². The molecule has 0 saturated heterocycles. The van der Waals surface area contributed by atoms with E-state index in [4.69, 9.17) is 0 Å². The van der Waals surface area contributed by atoms with Crippen molar-refractivity contribution in [2.45, 2.75) is 13.8 Å². The van der Waals surface area contributed by atoms with Crippen molar-refractivity contribution in [3.8, 4) is 0 Å². The maximum absolute atomic E-state index is 13.4. The molecule has 2 aliphatic carbocycles. The number of rotatable bonds is 5. The number of Topliss-reactive ketones (excluding diaryl/α,β-unsaturated/α-hetero) is 2. The molecule has 4 rings (SSSR count). The number of nitrogens with one attached hydrogen (secondary N) is 2. The highest BCUT2D eigenvalue weighted by molar-refractivity contribution is 6.34. The molecule has 2 N–H and O–H groups in total. The fourth-order valence-electron chi connectivity index (χ4n) is 3.61. The zero-order valence-corrected chi connectivity index (χ0v) is 17.6. The van der Waals surface area contributed by atoms with Crippen molar-refractivity contribution in [1.82, 2.24) is 0 Å². The lowest BCUT2D eigenvalue weighted by Gasteiger charge is -2.24. The predicted molar refractivity (Wildman–Crippen MR) is 122 cm³/mol. The van der Waals surface area contributed by atoms with Crippen molar-refractivity contribution in [2.75, 3.05) is 10.6 Å². The Labute approximate surface area is 185 Å². The van der Waals surface area contributed by atoms with Gasteiger partial charge in [0.15, 0.2) is 11.6 Å². The summed E-state index contributed by atoms with van der Waals surface area (Å²) in [5, 5.41) is 5.90. The predicted octanol–water partition coefficient (Wildman–Crippen LogP) is 3.92. The summed E-state index contributed by atoms with van der Waals surface area (Å²) in [5.41, 5.74) is 1.52. The van der Waals surface area contributed by atoms with E-state index in [9.17, 15) is 19.2 Å². The van der Waals surface area contributed by atoms with Crippen LogP contribution in [-0.4, -0.2) is 23.1 Å². The van der Waals surface area contributed by atoms with Gasteiger partial charge in [-0.15, -0.1) is 0 Å². The first-order chi connectivity index (χ1) is 15.4. The van der Waals surface area contributed by atoms with Gasteiger partial charge in [0.2, 0.25) is 11.6 Å². The molecule has 0 radical (unpaired) electrons. The molecule has 0 bridgehead atoms. The summed E-state index contributed by atoms with van der Waals surface area (Å²) >= 11 is 0. The second-order valence-electron chi connectivity index (χ2n) is 7.48. The third kappa shape index (κ3) is 3.86. The molecule has 0 unspecified atom stereocenters. The topological polar surface area (TPSA) is 92.3 Å². The lowest BCUT2D eigenvalue weighted by Crippen LogP contribution is -2.30. The van der Waals surface area contributed by atoms with Gasteiger partial charge in [0, 0.05) is 45.8 Å². The molecule has 6 heteroatoms. The number of hydrogen-bond donors (Lipinski definition) is 2. The highest BCUT2D eigenvalue weighted by atomic mass is 16.1. The van der Waals surface area contributed by atoms with Gasteiger partial charge in [0.1, 0.15) is 0 Å². The van der Waals surface area contributed by atoms with Crippen LogP contribution in [0.2, 0.25) is 0 Å². The molecule has 0 atom stereocenters. The molecule has 0 aromatic heterocycles. The molecule has 0 aliphatic heterocycles. The van der Waals surface area contributed by atoms with Crippen molar-refractivity contribution in [3.63, 3.8) is 0 Å². The number of para-hydroxylation sites is 2. The molecular formula is C26H20N2O4. The summed E-state index contributed by atoms with van der Waals surface area (Å²) in [5.74, 6) is -1.82. The van der Waals surface area contributed by atoms with Gasteiger partial charge in [0.05, 0.1) is 11.4 Å². The average molecular weight is 424 g/mol. The third-order valence-electron chi connectivity index (χ3n) is 5.34. The molecule has 2 aromatic carbocycles. The number of ketones is 4. The molecule has 2 aromatic rings. The van der Waals surface area contributed by atoms with Gasteiger partial charge in [-0.3, -0.25) is 19.2 Å². The molecule has 0 spiro atoms. The van der Waals surface area contributed by atoms with Crippen LogP contribution in [0.15, 0.2) is 107 Å². The van der Waals surface area contributed by atoms with Crippen LogP contribution in [0.5, 0.6) is 0 Å². The van der Waals surface area contributed by atoms with Crippen molar-refractivity contribution < 1.29 is 19.2 Å². The largest absolute Gasteiger partial charge is 0.352 e. The standard InChI is InChI=1S/C26H20N2O4/c1-15-21(29)13-19(27-17-9-5-3-6-10-17)25(31)23(15)24-16(2)22(30)14-20(26(24)32)28-18-11-7-4-8-12-18/h3-14,27-28H,1-2H3. The minimum Gasteiger partial charge on any atom is -0.352 e. The van der Waals surface area contributed by atoms with E-state index in [-0.39, 0.29) is 33.7 Å².